The maximum Gasteiger partial charge on any atom is 0.255 e. The van der Waals surface area contributed by atoms with Crippen LogP contribution in [0.25, 0.3) is 0 Å². The number of thiophene rings is 1. The van der Waals surface area contributed by atoms with Gasteiger partial charge in [0.1, 0.15) is 0 Å². The number of amides is 1. The van der Waals surface area contributed by atoms with Crippen LogP contribution in [0.2, 0.25) is 0 Å². The van der Waals surface area contributed by atoms with Crippen LogP contribution in [0, 0.1) is 0 Å². The molecule has 0 bridgehead atoms. The van der Waals surface area contributed by atoms with Crippen LogP contribution in [0.4, 0.5) is 0 Å². The summed E-state index contributed by atoms with van der Waals surface area (Å²) in [5, 5.41) is 5.23. The molecule has 1 N–H and O–H groups in total. The molecule has 0 saturated carbocycles. The van der Waals surface area contributed by atoms with Gasteiger partial charge in [-0.1, -0.05) is 12.1 Å². The van der Waals surface area contributed by atoms with E-state index in [1.165, 1.54) is 4.88 Å². The molecule has 27 heavy (non-hydrogen) atoms. The number of methoxy groups -OCH3 is 2. The number of carbonyl (C=O) groups is 1. The molecule has 2 aromatic rings. The summed E-state index contributed by atoms with van der Waals surface area (Å²) in [6.07, 6.45) is 0. The Bertz CT molecular complexity index is 744. The molecule has 1 aromatic heterocycles. The molecule has 1 aliphatic heterocycles. The zero-order valence-electron chi connectivity index (χ0n) is 15.9. The van der Waals surface area contributed by atoms with Gasteiger partial charge in [0.05, 0.1) is 39.0 Å². The van der Waals surface area contributed by atoms with E-state index in [0.717, 1.165) is 13.1 Å². The number of carbonyl (C=O) groups excluding carboxylic acids is 1. The van der Waals surface area contributed by atoms with E-state index in [0.29, 0.717) is 30.3 Å². The topological polar surface area (TPSA) is 60.0 Å². The standard InChI is InChI=1S/C20H26N2O4S/c1-14(18(17-8-5-13-27-17)22-9-11-26-12-10-22)21-20(23)15-6-4-7-16(24-2)19(15)25-3/h4-8,13-14,18H,9-12H2,1-3H3,(H,21,23)/t14-,18+/m1/s1. The van der Waals surface area contributed by atoms with Crippen LogP contribution < -0.4 is 14.8 Å². The van der Waals surface area contributed by atoms with Gasteiger partial charge >= 0.3 is 0 Å². The third-order valence-electron chi connectivity index (χ3n) is 4.75. The number of nitrogens with zero attached hydrogens (tertiary/aromatic N) is 1. The van der Waals surface area contributed by atoms with Crippen molar-refractivity contribution in [3.8, 4) is 11.5 Å². The molecule has 2 heterocycles. The van der Waals surface area contributed by atoms with Gasteiger partial charge in [-0.15, -0.1) is 11.3 Å². The Labute approximate surface area is 164 Å². The van der Waals surface area contributed by atoms with Crippen molar-refractivity contribution in [3.63, 3.8) is 0 Å². The molecular formula is C20H26N2O4S. The van der Waals surface area contributed by atoms with Crippen molar-refractivity contribution in [2.45, 2.75) is 19.0 Å². The zero-order chi connectivity index (χ0) is 19.2. The molecule has 6 nitrogen and oxygen atoms in total. The first-order chi connectivity index (χ1) is 13.2. The highest BCUT2D eigenvalue weighted by Crippen LogP contribution is 2.32. The summed E-state index contributed by atoms with van der Waals surface area (Å²) in [5.74, 6) is 0.817. The van der Waals surface area contributed by atoms with Gasteiger partial charge in [-0.2, -0.15) is 0 Å². The third-order valence-corrected chi connectivity index (χ3v) is 5.70. The Kier molecular flexibility index (Phi) is 6.71. The lowest BCUT2D eigenvalue weighted by Crippen LogP contribution is -2.48. The zero-order valence-corrected chi connectivity index (χ0v) is 16.8. The van der Waals surface area contributed by atoms with Crippen molar-refractivity contribution in [2.24, 2.45) is 0 Å². The Morgan fingerprint density at radius 2 is 1.96 bits per heavy atom. The molecule has 2 atom stereocenters. The number of benzene rings is 1. The summed E-state index contributed by atoms with van der Waals surface area (Å²) in [5.41, 5.74) is 0.468. The quantitative estimate of drug-likeness (QED) is 0.788. The molecule has 7 heteroatoms. The molecule has 0 unspecified atom stereocenters. The van der Waals surface area contributed by atoms with Crippen LogP contribution in [-0.4, -0.2) is 57.4 Å². The predicted octanol–water partition coefficient (Wildman–Crippen LogP) is 2.96. The van der Waals surface area contributed by atoms with E-state index in [4.69, 9.17) is 14.2 Å². The molecule has 0 spiro atoms. The number of ether oxygens (including phenoxy) is 3. The summed E-state index contributed by atoms with van der Waals surface area (Å²) in [4.78, 5) is 16.6. The Hall–Kier alpha value is -2.09. The van der Waals surface area contributed by atoms with Gasteiger partial charge in [-0.3, -0.25) is 9.69 Å². The van der Waals surface area contributed by atoms with E-state index < -0.39 is 0 Å². The van der Waals surface area contributed by atoms with Crippen LogP contribution in [0.5, 0.6) is 11.5 Å². The van der Waals surface area contributed by atoms with Gasteiger partial charge in [0, 0.05) is 24.0 Å². The maximum atomic E-state index is 13.0. The second-order valence-corrected chi connectivity index (χ2v) is 7.39. The van der Waals surface area contributed by atoms with Crippen LogP contribution >= 0.6 is 11.3 Å². The fourth-order valence-electron chi connectivity index (χ4n) is 3.49. The molecule has 1 fully saturated rings. The second kappa shape index (κ2) is 9.21. The van der Waals surface area contributed by atoms with E-state index in [9.17, 15) is 4.79 Å². The number of hydrogen-bond donors (Lipinski definition) is 1. The average molecular weight is 391 g/mol. The van der Waals surface area contributed by atoms with Gasteiger partial charge < -0.3 is 19.5 Å². The minimum atomic E-state index is -0.173. The fourth-order valence-corrected chi connectivity index (χ4v) is 4.45. The lowest BCUT2D eigenvalue weighted by atomic mass is 10.0. The number of morpholine rings is 1. The summed E-state index contributed by atoms with van der Waals surface area (Å²) >= 11 is 1.71. The van der Waals surface area contributed by atoms with Crippen molar-refractivity contribution in [3.05, 3.63) is 46.2 Å². The first-order valence-electron chi connectivity index (χ1n) is 9.02. The molecule has 1 aromatic carbocycles. The van der Waals surface area contributed by atoms with Gasteiger partial charge in [-0.25, -0.2) is 0 Å². The summed E-state index contributed by atoms with van der Waals surface area (Å²) < 4.78 is 16.2. The molecule has 1 saturated heterocycles. The lowest BCUT2D eigenvalue weighted by Gasteiger charge is -2.37. The minimum absolute atomic E-state index is 0.0786. The molecule has 1 aliphatic rings. The van der Waals surface area contributed by atoms with Crippen molar-refractivity contribution >= 4 is 17.2 Å². The molecule has 0 radical (unpaired) electrons. The number of para-hydroxylation sites is 1. The first-order valence-corrected chi connectivity index (χ1v) is 9.90. The monoisotopic (exact) mass is 390 g/mol. The number of hydrogen-bond acceptors (Lipinski definition) is 6. The van der Waals surface area contributed by atoms with Gasteiger partial charge in [0.15, 0.2) is 11.5 Å². The fraction of sp³-hybridized carbons (Fsp3) is 0.450. The molecule has 1 amide bonds. The molecule has 146 valence electrons. The minimum Gasteiger partial charge on any atom is -0.493 e. The average Bonchev–Trinajstić information content (AvgIpc) is 3.22. The SMILES string of the molecule is COc1cccc(C(=O)N[C@H](C)[C@@H](c2cccs2)N2CCOCC2)c1OC. The summed E-state index contributed by atoms with van der Waals surface area (Å²) in [7, 11) is 3.10. The van der Waals surface area contributed by atoms with Gasteiger partial charge in [-0.05, 0) is 30.5 Å². The number of rotatable bonds is 7. The van der Waals surface area contributed by atoms with E-state index in [1.807, 2.05) is 13.0 Å². The van der Waals surface area contributed by atoms with E-state index in [2.05, 4.69) is 21.7 Å². The van der Waals surface area contributed by atoms with Crippen molar-refractivity contribution < 1.29 is 19.0 Å². The normalized spacial score (nSPS) is 17.1. The van der Waals surface area contributed by atoms with Gasteiger partial charge in [0.2, 0.25) is 0 Å². The van der Waals surface area contributed by atoms with Crippen LogP contribution in [0.1, 0.15) is 28.2 Å². The lowest BCUT2D eigenvalue weighted by molar-refractivity contribution is 0.00968. The van der Waals surface area contributed by atoms with Crippen LogP contribution in [-0.2, 0) is 4.74 Å². The smallest absolute Gasteiger partial charge is 0.255 e. The van der Waals surface area contributed by atoms with Crippen LogP contribution in [0.3, 0.4) is 0 Å². The molecule has 0 aliphatic carbocycles. The highest BCUT2D eigenvalue weighted by atomic mass is 32.1. The van der Waals surface area contributed by atoms with E-state index in [1.54, 1.807) is 43.8 Å². The van der Waals surface area contributed by atoms with E-state index in [-0.39, 0.29) is 18.0 Å². The van der Waals surface area contributed by atoms with Crippen molar-refractivity contribution in [2.75, 3.05) is 40.5 Å². The van der Waals surface area contributed by atoms with Crippen molar-refractivity contribution in [1.29, 1.82) is 0 Å². The Morgan fingerprint density at radius 3 is 2.59 bits per heavy atom. The Balaban J connectivity index is 1.81. The Morgan fingerprint density at radius 1 is 1.19 bits per heavy atom. The number of nitrogens with one attached hydrogen (secondary N) is 1. The van der Waals surface area contributed by atoms with E-state index >= 15 is 0 Å². The first kappa shape index (κ1) is 19.7. The highest BCUT2D eigenvalue weighted by molar-refractivity contribution is 7.10. The molecular weight excluding hydrogens is 364 g/mol. The summed E-state index contributed by atoms with van der Waals surface area (Å²) in [6.45, 7) is 5.18. The van der Waals surface area contributed by atoms with Crippen molar-refractivity contribution in [1.82, 2.24) is 10.2 Å². The van der Waals surface area contributed by atoms with Gasteiger partial charge in [0.25, 0.3) is 5.91 Å². The third kappa shape index (κ3) is 4.43. The second-order valence-electron chi connectivity index (χ2n) is 6.41. The maximum absolute atomic E-state index is 13.0. The highest BCUT2D eigenvalue weighted by Gasteiger charge is 2.30. The largest absolute Gasteiger partial charge is 0.493 e. The summed E-state index contributed by atoms with van der Waals surface area (Å²) in [6, 6.07) is 9.52. The van der Waals surface area contributed by atoms with Crippen LogP contribution in [0.15, 0.2) is 35.7 Å². The predicted molar refractivity (Wildman–Crippen MR) is 106 cm³/mol. The molecule has 3 rings (SSSR count).